The number of aromatic nitrogens is 3. The number of pyridine rings is 1. The van der Waals surface area contributed by atoms with Gasteiger partial charge in [0.05, 0.1) is 6.04 Å². The summed E-state index contributed by atoms with van der Waals surface area (Å²) >= 11 is 3.43. The molecule has 3 aromatic rings. The van der Waals surface area contributed by atoms with Crippen LogP contribution in [-0.2, 0) is 4.79 Å². The highest BCUT2D eigenvalue weighted by Crippen LogP contribution is 2.28. The Morgan fingerprint density at radius 2 is 2.00 bits per heavy atom. The standard InChI is InChI=1S/C20H22BrN5O/c1-14(20(27)22-17-6-4-5-16(21)13-17)25-11-8-15(9-12-25)19-24-23-18-7-2-3-10-26(18)19/h2-7,10,13-15H,8-9,11-12H2,1H3,(H,22,27). The molecule has 140 valence electrons. The van der Waals surface area contributed by atoms with Crippen molar-refractivity contribution in [2.45, 2.75) is 31.7 Å². The average molecular weight is 428 g/mol. The summed E-state index contributed by atoms with van der Waals surface area (Å²) < 4.78 is 3.03. The maximum atomic E-state index is 12.6. The van der Waals surface area contributed by atoms with Gasteiger partial charge in [0.15, 0.2) is 5.65 Å². The molecule has 0 saturated carbocycles. The number of halogens is 1. The van der Waals surface area contributed by atoms with E-state index in [1.165, 1.54) is 0 Å². The van der Waals surface area contributed by atoms with E-state index < -0.39 is 0 Å². The molecule has 7 heteroatoms. The molecule has 1 unspecified atom stereocenters. The van der Waals surface area contributed by atoms with E-state index in [1.54, 1.807) is 0 Å². The van der Waals surface area contributed by atoms with E-state index in [-0.39, 0.29) is 11.9 Å². The molecule has 0 spiro atoms. The molecule has 1 aliphatic heterocycles. The number of anilines is 1. The molecule has 2 aromatic heterocycles. The van der Waals surface area contributed by atoms with Crippen LogP contribution in [0.3, 0.4) is 0 Å². The number of nitrogens with zero attached hydrogens (tertiary/aromatic N) is 4. The molecular weight excluding hydrogens is 406 g/mol. The summed E-state index contributed by atoms with van der Waals surface area (Å²) in [5.41, 5.74) is 1.70. The zero-order chi connectivity index (χ0) is 18.8. The van der Waals surface area contributed by atoms with Gasteiger partial charge in [-0.15, -0.1) is 10.2 Å². The third-order valence-corrected chi connectivity index (χ3v) is 5.75. The second kappa shape index (κ2) is 7.78. The van der Waals surface area contributed by atoms with Crippen molar-refractivity contribution in [3.05, 3.63) is 59.0 Å². The summed E-state index contributed by atoms with van der Waals surface area (Å²) in [6.45, 7) is 3.72. The summed E-state index contributed by atoms with van der Waals surface area (Å²) in [6.07, 6.45) is 3.97. The molecule has 1 amide bonds. The highest BCUT2D eigenvalue weighted by Gasteiger charge is 2.29. The molecule has 4 rings (SSSR count). The van der Waals surface area contributed by atoms with Crippen molar-refractivity contribution >= 4 is 33.2 Å². The van der Waals surface area contributed by atoms with Crippen LogP contribution in [0.1, 0.15) is 31.5 Å². The van der Waals surface area contributed by atoms with Gasteiger partial charge in [-0.1, -0.05) is 28.1 Å². The number of benzene rings is 1. The van der Waals surface area contributed by atoms with Crippen molar-refractivity contribution in [2.75, 3.05) is 18.4 Å². The number of hydrogen-bond acceptors (Lipinski definition) is 4. The van der Waals surface area contributed by atoms with Crippen LogP contribution in [0.4, 0.5) is 5.69 Å². The number of amides is 1. The van der Waals surface area contributed by atoms with Crippen LogP contribution in [0.5, 0.6) is 0 Å². The number of hydrogen-bond donors (Lipinski definition) is 1. The van der Waals surface area contributed by atoms with Gasteiger partial charge in [-0.05, 0) is 63.2 Å². The quantitative estimate of drug-likeness (QED) is 0.689. The molecule has 27 heavy (non-hydrogen) atoms. The van der Waals surface area contributed by atoms with Gasteiger partial charge in [0.25, 0.3) is 0 Å². The van der Waals surface area contributed by atoms with E-state index in [0.717, 1.165) is 47.6 Å². The molecule has 1 fully saturated rings. The first-order chi connectivity index (χ1) is 13.1. The van der Waals surface area contributed by atoms with Gasteiger partial charge in [-0.2, -0.15) is 0 Å². The highest BCUT2D eigenvalue weighted by molar-refractivity contribution is 9.10. The minimum atomic E-state index is -0.167. The van der Waals surface area contributed by atoms with E-state index in [4.69, 9.17) is 0 Å². The maximum absolute atomic E-state index is 12.6. The maximum Gasteiger partial charge on any atom is 0.241 e. The van der Waals surface area contributed by atoms with Crippen LogP contribution in [-0.4, -0.2) is 44.5 Å². The van der Waals surface area contributed by atoms with E-state index in [0.29, 0.717) is 5.92 Å². The fraction of sp³-hybridized carbons (Fsp3) is 0.350. The predicted molar refractivity (Wildman–Crippen MR) is 109 cm³/mol. The minimum Gasteiger partial charge on any atom is -0.325 e. The Morgan fingerprint density at radius 1 is 1.19 bits per heavy atom. The highest BCUT2D eigenvalue weighted by atomic mass is 79.9. The molecule has 0 aliphatic carbocycles. The van der Waals surface area contributed by atoms with Crippen LogP contribution in [0, 0.1) is 0 Å². The molecular formula is C20H22BrN5O. The van der Waals surface area contributed by atoms with Gasteiger partial charge in [0.2, 0.25) is 5.91 Å². The first-order valence-electron chi connectivity index (χ1n) is 9.22. The Labute approximate surface area is 166 Å². The molecule has 3 heterocycles. The predicted octanol–water partition coefficient (Wildman–Crippen LogP) is 3.70. The average Bonchev–Trinajstić information content (AvgIpc) is 3.12. The summed E-state index contributed by atoms with van der Waals surface area (Å²) in [5, 5.41) is 11.7. The van der Waals surface area contributed by atoms with E-state index >= 15 is 0 Å². The number of likely N-dealkylation sites (tertiary alicyclic amines) is 1. The van der Waals surface area contributed by atoms with Gasteiger partial charge in [0.1, 0.15) is 5.82 Å². The minimum absolute atomic E-state index is 0.0273. The second-order valence-corrected chi connectivity index (χ2v) is 7.89. The zero-order valence-electron chi connectivity index (χ0n) is 15.2. The lowest BCUT2D eigenvalue weighted by molar-refractivity contribution is -0.121. The van der Waals surface area contributed by atoms with Gasteiger partial charge in [0, 0.05) is 22.3 Å². The fourth-order valence-corrected chi connectivity index (χ4v) is 4.06. The Bertz CT molecular complexity index is 948. The summed E-state index contributed by atoms with van der Waals surface area (Å²) in [7, 11) is 0. The van der Waals surface area contributed by atoms with Crippen LogP contribution >= 0.6 is 15.9 Å². The molecule has 1 saturated heterocycles. The Morgan fingerprint density at radius 3 is 2.78 bits per heavy atom. The largest absolute Gasteiger partial charge is 0.325 e. The topological polar surface area (TPSA) is 62.5 Å². The van der Waals surface area contributed by atoms with Crippen molar-refractivity contribution in [3.8, 4) is 0 Å². The first-order valence-corrected chi connectivity index (χ1v) is 10.0. The monoisotopic (exact) mass is 427 g/mol. The Hall–Kier alpha value is -2.25. The van der Waals surface area contributed by atoms with E-state index in [2.05, 4.69) is 40.7 Å². The first kappa shape index (κ1) is 18.1. The van der Waals surface area contributed by atoms with Crippen LogP contribution < -0.4 is 5.32 Å². The van der Waals surface area contributed by atoms with Crippen LogP contribution in [0.2, 0.25) is 0 Å². The van der Waals surface area contributed by atoms with Crippen LogP contribution in [0.15, 0.2) is 53.1 Å². The zero-order valence-corrected chi connectivity index (χ0v) is 16.8. The van der Waals surface area contributed by atoms with Gasteiger partial charge >= 0.3 is 0 Å². The number of fused-ring (bicyclic) bond motifs is 1. The van der Waals surface area contributed by atoms with Gasteiger partial charge in [-0.25, -0.2) is 0 Å². The van der Waals surface area contributed by atoms with Crippen LogP contribution in [0.25, 0.3) is 5.65 Å². The molecule has 0 bridgehead atoms. The van der Waals surface area contributed by atoms with Crippen molar-refractivity contribution in [1.29, 1.82) is 0 Å². The number of nitrogens with one attached hydrogen (secondary N) is 1. The SMILES string of the molecule is CC(C(=O)Nc1cccc(Br)c1)N1CCC(c2nnc3ccccn23)CC1. The lowest BCUT2D eigenvalue weighted by Gasteiger charge is -2.34. The lowest BCUT2D eigenvalue weighted by Crippen LogP contribution is -2.45. The number of rotatable bonds is 4. The molecule has 0 radical (unpaired) electrons. The number of carbonyl (C=O) groups is 1. The molecule has 1 atom stereocenters. The normalized spacial score (nSPS) is 17.1. The van der Waals surface area contributed by atoms with Crippen molar-refractivity contribution in [1.82, 2.24) is 19.5 Å². The number of piperidine rings is 1. The molecule has 1 aromatic carbocycles. The van der Waals surface area contributed by atoms with Crippen molar-refractivity contribution in [2.24, 2.45) is 0 Å². The van der Waals surface area contributed by atoms with Gasteiger partial charge in [-0.3, -0.25) is 14.1 Å². The molecule has 1 N–H and O–H groups in total. The lowest BCUT2D eigenvalue weighted by atomic mass is 9.95. The smallest absolute Gasteiger partial charge is 0.241 e. The van der Waals surface area contributed by atoms with Crippen molar-refractivity contribution < 1.29 is 4.79 Å². The van der Waals surface area contributed by atoms with Crippen molar-refractivity contribution in [3.63, 3.8) is 0 Å². The molecule has 1 aliphatic rings. The number of carbonyl (C=O) groups excluding carboxylic acids is 1. The Balaban J connectivity index is 1.37. The van der Waals surface area contributed by atoms with E-state index in [9.17, 15) is 4.79 Å². The molecule has 6 nitrogen and oxygen atoms in total. The third-order valence-electron chi connectivity index (χ3n) is 5.25. The fourth-order valence-electron chi connectivity index (χ4n) is 3.66. The summed E-state index contributed by atoms with van der Waals surface area (Å²) in [5.74, 6) is 1.43. The Kier molecular flexibility index (Phi) is 5.22. The van der Waals surface area contributed by atoms with Gasteiger partial charge < -0.3 is 5.32 Å². The summed E-state index contributed by atoms with van der Waals surface area (Å²) in [6, 6.07) is 13.5. The van der Waals surface area contributed by atoms with E-state index in [1.807, 2.05) is 55.6 Å². The third kappa shape index (κ3) is 3.89. The second-order valence-electron chi connectivity index (χ2n) is 6.97. The summed E-state index contributed by atoms with van der Waals surface area (Å²) in [4.78, 5) is 14.9.